The summed E-state index contributed by atoms with van der Waals surface area (Å²) < 4.78 is 0. The first-order chi connectivity index (χ1) is 12.3. The van der Waals surface area contributed by atoms with Crippen molar-refractivity contribution in [2.45, 2.75) is 83.8 Å². The second-order valence-electron chi connectivity index (χ2n) is 7.72. The number of rotatable bonds is 4. The first-order valence-corrected chi connectivity index (χ1v) is 11.3. The zero-order chi connectivity index (χ0) is 19.0. The number of nitrogens with zero attached hydrogens (tertiary/aromatic N) is 3. The molecule has 1 saturated heterocycles. The zero-order valence-corrected chi connectivity index (χ0v) is 18.3. The fourth-order valence-electron chi connectivity index (χ4n) is 3.71. The van der Waals surface area contributed by atoms with E-state index in [2.05, 4.69) is 46.4 Å². The molecule has 0 N–H and O–H groups in total. The molecule has 1 aliphatic heterocycles. The van der Waals surface area contributed by atoms with Crippen molar-refractivity contribution in [3.05, 3.63) is 16.3 Å². The fourth-order valence-corrected chi connectivity index (χ4v) is 5.77. The van der Waals surface area contributed by atoms with Gasteiger partial charge in [0.2, 0.25) is 5.91 Å². The lowest BCUT2D eigenvalue weighted by Crippen LogP contribution is -2.48. The summed E-state index contributed by atoms with van der Waals surface area (Å²) in [5, 5.41) is 2.10. The Morgan fingerprint density at radius 3 is 2.50 bits per heavy atom. The van der Waals surface area contributed by atoms with Gasteiger partial charge < -0.3 is 4.90 Å². The maximum atomic E-state index is 12.9. The Labute approximate surface area is 164 Å². The van der Waals surface area contributed by atoms with E-state index in [0.29, 0.717) is 17.8 Å². The molecule has 3 rings (SSSR count). The highest BCUT2D eigenvalue weighted by atomic mass is 32.2. The molecule has 0 aromatic carbocycles. The van der Waals surface area contributed by atoms with Gasteiger partial charge in [-0.3, -0.25) is 4.79 Å². The van der Waals surface area contributed by atoms with E-state index < -0.39 is 0 Å². The van der Waals surface area contributed by atoms with Gasteiger partial charge in [-0.25, -0.2) is 9.97 Å². The Morgan fingerprint density at radius 1 is 1.23 bits per heavy atom. The molecule has 0 aliphatic carbocycles. The van der Waals surface area contributed by atoms with E-state index in [9.17, 15) is 4.79 Å². The number of aromatic nitrogens is 2. The summed E-state index contributed by atoms with van der Waals surface area (Å²) in [5.74, 6) is 1.83. The number of aryl methyl sites for hydroxylation is 2. The van der Waals surface area contributed by atoms with Crippen molar-refractivity contribution in [2.24, 2.45) is 0 Å². The molecule has 0 saturated carbocycles. The third kappa shape index (κ3) is 3.77. The van der Waals surface area contributed by atoms with Crippen molar-refractivity contribution in [1.82, 2.24) is 14.9 Å². The van der Waals surface area contributed by atoms with Crippen LogP contribution in [-0.2, 0) is 4.79 Å². The maximum absolute atomic E-state index is 12.9. The minimum absolute atomic E-state index is 0.233. The first kappa shape index (κ1) is 19.6. The second-order valence-corrected chi connectivity index (χ2v) is 9.89. The van der Waals surface area contributed by atoms with Gasteiger partial charge in [0, 0.05) is 28.3 Å². The van der Waals surface area contributed by atoms with Crippen LogP contribution in [-0.4, -0.2) is 38.6 Å². The van der Waals surface area contributed by atoms with E-state index in [0.717, 1.165) is 33.9 Å². The largest absolute Gasteiger partial charge is 0.337 e. The van der Waals surface area contributed by atoms with Gasteiger partial charge in [0.15, 0.2) is 0 Å². The van der Waals surface area contributed by atoms with Crippen molar-refractivity contribution in [2.75, 3.05) is 5.75 Å². The Bertz CT molecular complexity index is 805. The van der Waals surface area contributed by atoms with Crippen LogP contribution in [0, 0.1) is 13.8 Å². The average Bonchev–Trinajstić information content (AvgIpc) is 2.87. The summed E-state index contributed by atoms with van der Waals surface area (Å²) in [6, 6.07) is 0.683. The lowest BCUT2D eigenvalue weighted by atomic mass is 9.98. The van der Waals surface area contributed by atoms with Crippen molar-refractivity contribution >= 4 is 39.2 Å². The minimum atomic E-state index is 0.233. The van der Waals surface area contributed by atoms with Gasteiger partial charge in [-0.1, -0.05) is 25.6 Å². The smallest absolute Gasteiger partial charge is 0.233 e. The number of carbonyl (C=O) groups excluding carboxylic acids is 1. The quantitative estimate of drug-likeness (QED) is 0.523. The number of thiophene rings is 1. The van der Waals surface area contributed by atoms with Crippen molar-refractivity contribution in [3.63, 3.8) is 0 Å². The van der Waals surface area contributed by atoms with Crippen LogP contribution in [0.1, 0.15) is 69.1 Å². The molecular weight excluding hydrogens is 362 g/mol. The lowest BCUT2D eigenvalue weighted by molar-refractivity contribution is -0.134. The molecule has 2 aromatic heterocycles. The number of fused-ring (bicyclic) bond motifs is 1. The predicted octanol–water partition coefficient (Wildman–Crippen LogP) is 5.31. The molecule has 26 heavy (non-hydrogen) atoms. The summed E-state index contributed by atoms with van der Waals surface area (Å²) in [6.45, 7) is 12.8. The van der Waals surface area contributed by atoms with E-state index in [1.54, 1.807) is 23.1 Å². The topological polar surface area (TPSA) is 46.1 Å². The molecule has 1 fully saturated rings. The third-order valence-electron chi connectivity index (χ3n) is 5.34. The molecule has 0 spiro atoms. The highest BCUT2D eigenvalue weighted by molar-refractivity contribution is 8.00. The standard InChI is InChI=1S/C20H29N3OS2/c1-11(2)18-21-19(17-14(5)15(6)26-20(17)22-18)25-10-16(24)23-12(3)8-7-9-13(23)4/h11-13H,7-10H2,1-6H3/t12-,13-/m0/s1. The average molecular weight is 392 g/mol. The molecule has 1 amide bonds. The van der Waals surface area contributed by atoms with E-state index in [-0.39, 0.29) is 11.8 Å². The number of hydrogen-bond acceptors (Lipinski definition) is 5. The summed E-state index contributed by atoms with van der Waals surface area (Å²) in [4.78, 5) is 26.9. The van der Waals surface area contributed by atoms with Gasteiger partial charge in [-0.2, -0.15) is 0 Å². The van der Waals surface area contributed by atoms with Crippen molar-refractivity contribution < 1.29 is 4.79 Å². The van der Waals surface area contributed by atoms with E-state index in [4.69, 9.17) is 9.97 Å². The first-order valence-electron chi connectivity index (χ1n) is 9.51. The SMILES string of the molecule is Cc1sc2nc(C(C)C)nc(SCC(=O)N3[C@@H](C)CCC[C@@H]3C)c2c1C. The molecule has 4 nitrogen and oxygen atoms in total. The van der Waals surface area contributed by atoms with E-state index >= 15 is 0 Å². The molecule has 2 aromatic rings. The van der Waals surface area contributed by atoms with Gasteiger partial charge in [0.05, 0.1) is 5.75 Å². The maximum Gasteiger partial charge on any atom is 0.233 e. The Hall–Kier alpha value is -1.14. The number of likely N-dealkylation sites (tertiary alicyclic amines) is 1. The molecular formula is C20H29N3OS2. The van der Waals surface area contributed by atoms with Gasteiger partial charge in [0.1, 0.15) is 15.7 Å². The molecule has 0 unspecified atom stereocenters. The highest BCUT2D eigenvalue weighted by Crippen LogP contribution is 2.36. The molecule has 0 radical (unpaired) electrons. The summed E-state index contributed by atoms with van der Waals surface area (Å²) in [6.07, 6.45) is 3.44. The molecule has 0 bridgehead atoms. The number of carbonyl (C=O) groups is 1. The van der Waals surface area contributed by atoms with Gasteiger partial charge >= 0.3 is 0 Å². The van der Waals surface area contributed by atoms with Crippen LogP contribution in [0.25, 0.3) is 10.2 Å². The van der Waals surface area contributed by atoms with Crippen LogP contribution in [0.15, 0.2) is 5.03 Å². The zero-order valence-electron chi connectivity index (χ0n) is 16.6. The van der Waals surface area contributed by atoms with E-state index in [1.165, 1.54) is 16.9 Å². The molecule has 142 valence electrons. The van der Waals surface area contributed by atoms with Crippen LogP contribution in [0.5, 0.6) is 0 Å². The molecule has 2 atom stereocenters. The van der Waals surface area contributed by atoms with Crippen LogP contribution in [0.4, 0.5) is 0 Å². The number of amides is 1. The third-order valence-corrected chi connectivity index (χ3v) is 7.40. The summed E-state index contributed by atoms with van der Waals surface area (Å²) in [7, 11) is 0. The molecule has 3 heterocycles. The second kappa shape index (κ2) is 7.85. The van der Waals surface area contributed by atoms with Gasteiger partial charge in [-0.15, -0.1) is 11.3 Å². The van der Waals surface area contributed by atoms with Crippen LogP contribution >= 0.6 is 23.1 Å². The van der Waals surface area contributed by atoms with Crippen LogP contribution in [0.3, 0.4) is 0 Å². The summed E-state index contributed by atoms with van der Waals surface area (Å²) in [5.41, 5.74) is 1.25. The number of thioether (sulfide) groups is 1. The number of hydrogen-bond donors (Lipinski definition) is 0. The monoisotopic (exact) mass is 391 g/mol. The summed E-state index contributed by atoms with van der Waals surface area (Å²) >= 11 is 3.31. The molecule has 6 heteroatoms. The normalized spacial score (nSPS) is 21.0. The fraction of sp³-hybridized carbons (Fsp3) is 0.650. The van der Waals surface area contributed by atoms with Crippen molar-refractivity contribution in [1.29, 1.82) is 0 Å². The highest BCUT2D eigenvalue weighted by Gasteiger charge is 2.29. The Kier molecular flexibility index (Phi) is 5.92. The van der Waals surface area contributed by atoms with Gasteiger partial charge in [0.25, 0.3) is 0 Å². The Balaban J connectivity index is 1.87. The molecule has 1 aliphatic rings. The van der Waals surface area contributed by atoms with Crippen molar-refractivity contribution in [3.8, 4) is 0 Å². The van der Waals surface area contributed by atoms with Crippen LogP contribution in [0.2, 0.25) is 0 Å². The van der Waals surface area contributed by atoms with E-state index in [1.807, 2.05) is 0 Å². The van der Waals surface area contributed by atoms with Crippen LogP contribution < -0.4 is 0 Å². The minimum Gasteiger partial charge on any atom is -0.337 e. The number of piperidine rings is 1. The lowest BCUT2D eigenvalue weighted by Gasteiger charge is -2.39. The predicted molar refractivity (Wildman–Crippen MR) is 111 cm³/mol. The Morgan fingerprint density at radius 2 is 1.88 bits per heavy atom. The van der Waals surface area contributed by atoms with Gasteiger partial charge in [-0.05, 0) is 52.5 Å².